The van der Waals surface area contributed by atoms with Gasteiger partial charge in [0.15, 0.2) is 17.0 Å². The van der Waals surface area contributed by atoms with Crippen molar-refractivity contribution in [2.75, 3.05) is 0 Å². The summed E-state index contributed by atoms with van der Waals surface area (Å²) in [5, 5.41) is 10.1. The van der Waals surface area contributed by atoms with Crippen molar-refractivity contribution in [1.29, 1.82) is 5.26 Å². The summed E-state index contributed by atoms with van der Waals surface area (Å²) in [6, 6.07) is 19.2. The van der Waals surface area contributed by atoms with Crippen molar-refractivity contribution < 1.29 is 14.3 Å². The molecule has 0 aromatic heterocycles. The lowest BCUT2D eigenvalue weighted by Gasteiger charge is -2.42. The van der Waals surface area contributed by atoms with Gasteiger partial charge in [-0.3, -0.25) is 9.59 Å². The molecular formula is C25H19N3O3. The number of fused-ring (bicyclic) bond motifs is 1. The number of carbonyl (C=O) groups is 2. The number of rotatable bonds is 2. The van der Waals surface area contributed by atoms with Crippen LogP contribution in [0.5, 0.6) is 0 Å². The Morgan fingerprint density at radius 2 is 1.81 bits per heavy atom. The Morgan fingerprint density at radius 3 is 2.58 bits per heavy atom. The molecule has 2 aliphatic heterocycles. The molecule has 0 radical (unpaired) electrons. The van der Waals surface area contributed by atoms with Crippen molar-refractivity contribution in [3.8, 4) is 6.07 Å². The molecule has 0 saturated carbocycles. The van der Waals surface area contributed by atoms with Gasteiger partial charge in [-0.15, -0.1) is 0 Å². The van der Waals surface area contributed by atoms with Gasteiger partial charge < -0.3 is 15.4 Å². The molecule has 0 bridgehead atoms. The van der Waals surface area contributed by atoms with Gasteiger partial charge >= 0.3 is 0 Å². The third-order valence-electron chi connectivity index (χ3n) is 7.03. The molecule has 2 aromatic rings. The van der Waals surface area contributed by atoms with Crippen molar-refractivity contribution >= 4 is 11.6 Å². The molecule has 6 heteroatoms. The fourth-order valence-electron chi connectivity index (χ4n) is 5.98. The van der Waals surface area contributed by atoms with E-state index in [0.29, 0.717) is 42.5 Å². The van der Waals surface area contributed by atoms with Crippen LogP contribution in [0.3, 0.4) is 0 Å². The Bertz CT molecular complexity index is 1290. The maximum Gasteiger partial charge on any atom is 0.234 e. The lowest BCUT2D eigenvalue weighted by molar-refractivity contribution is -0.130. The van der Waals surface area contributed by atoms with Gasteiger partial charge in [-0.2, -0.15) is 5.26 Å². The number of benzene rings is 2. The van der Waals surface area contributed by atoms with E-state index in [0.717, 1.165) is 11.3 Å². The quantitative estimate of drug-likeness (QED) is 0.818. The fraction of sp³-hybridized carbons (Fsp3) is 0.240. The summed E-state index contributed by atoms with van der Waals surface area (Å²) in [5.41, 5.74) is 6.72. The molecule has 6 rings (SSSR count). The average Bonchev–Trinajstić information content (AvgIpc) is 3.27. The molecule has 2 aromatic carbocycles. The van der Waals surface area contributed by atoms with E-state index in [4.69, 9.17) is 10.5 Å². The Hall–Kier alpha value is -3.85. The molecular weight excluding hydrogens is 390 g/mol. The van der Waals surface area contributed by atoms with Crippen LogP contribution in [-0.4, -0.2) is 16.5 Å². The highest BCUT2D eigenvalue weighted by atomic mass is 16.5. The minimum Gasteiger partial charge on any atom is -0.446 e. The number of Topliss-reactive ketones (excluding diaryl/α,β-unsaturated/α-hetero) is 2. The van der Waals surface area contributed by atoms with Crippen LogP contribution in [0.2, 0.25) is 0 Å². The van der Waals surface area contributed by atoms with Crippen LogP contribution in [0.4, 0.5) is 0 Å². The molecule has 0 unspecified atom stereocenters. The highest BCUT2D eigenvalue weighted by molar-refractivity contribution is 6.18. The molecule has 4 aliphatic rings. The SMILES string of the molecule is N#CC1=C(N)O[C@]23c4ccccc4C(=O)[C@]12C1=C(CCCC1=O)N3Cc1ccccc1. The van der Waals surface area contributed by atoms with Crippen LogP contribution in [0.25, 0.3) is 0 Å². The number of hydrogen-bond acceptors (Lipinski definition) is 6. The van der Waals surface area contributed by atoms with Gasteiger partial charge in [0.25, 0.3) is 0 Å². The van der Waals surface area contributed by atoms with Crippen molar-refractivity contribution in [2.45, 2.75) is 31.5 Å². The number of allylic oxidation sites excluding steroid dienone is 1. The highest BCUT2D eigenvalue weighted by Gasteiger charge is 2.80. The topological polar surface area (TPSA) is 96.4 Å². The van der Waals surface area contributed by atoms with E-state index < -0.39 is 11.1 Å². The summed E-state index contributed by atoms with van der Waals surface area (Å²) in [7, 11) is 0. The average molecular weight is 409 g/mol. The molecule has 31 heavy (non-hydrogen) atoms. The van der Waals surface area contributed by atoms with E-state index in [-0.39, 0.29) is 23.0 Å². The molecule has 2 aliphatic carbocycles. The van der Waals surface area contributed by atoms with Gasteiger partial charge in [0.05, 0.1) is 0 Å². The summed E-state index contributed by atoms with van der Waals surface area (Å²) in [5.74, 6) is -0.458. The van der Waals surface area contributed by atoms with Gasteiger partial charge in [-0.05, 0) is 18.4 Å². The third kappa shape index (κ3) is 1.84. The van der Waals surface area contributed by atoms with Gasteiger partial charge in [0, 0.05) is 35.4 Å². The van der Waals surface area contributed by atoms with Gasteiger partial charge in [0.1, 0.15) is 11.6 Å². The number of nitrogens with two attached hydrogens (primary N) is 1. The standard InChI is InChI=1S/C25H19N3O3/c26-13-18-23(27)31-25-17-10-5-4-9-16(17)22(30)24(18,25)21-19(11-6-12-20(21)29)28(25)14-15-7-2-1-3-8-15/h1-5,7-10H,6,11-12,14,27H2/t24-,25-/m1/s1. The smallest absolute Gasteiger partial charge is 0.234 e. The third-order valence-corrected chi connectivity index (χ3v) is 7.03. The Balaban J connectivity index is 1.71. The van der Waals surface area contributed by atoms with E-state index >= 15 is 0 Å². The minimum absolute atomic E-state index is 0.0482. The molecule has 0 saturated heterocycles. The number of nitrogens with zero attached hydrogens (tertiary/aromatic N) is 2. The number of nitriles is 1. The van der Waals surface area contributed by atoms with E-state index in [1.165, 1.54) is 0 Å². The zero-order valence-electron chi connectivity index (χ0n) is 16.7. The van der Waals surface area contributed by atoms with E-state index in [2.05, 4.69) is 6.07 Å². The minimum atomic E-state index is -1.54. The summed E-state index contributed by atoms with van der Waals surface area (Å²) >= 11 is 0. The normalized spacial score (nSPS) is 28.2. The second kappa shape index (κ2) is 5.86. The summed E-state index contributed by atoms with van der Waals surface area (Å²) in [4.78, 5) is 29.4. The van der Waals surface area contributed by atoms with Crippen molar-refractivity contribution in [3.63, 3.8) is 0 Å². The fourth-order valence-corrected chi connectivity index (χ4v) is 5.98. The van der Waals surface area contributed by atoms with Crippen molar-refractivity contribution in [2.24, 2.45) is 11.1 Å². The molecule has 2 N–H and O–H groups in total. The molecule has 2 heterocycles. The van der Waals surface area contributed by atoms with Crippen LogP contribution < -0.4 is 5.73 Å². The monoisotopic (exact) mass is 409 g/mol. The summed E-state index contributed by atoms with van der Waals surface area (Å²) in [6.45, 7) is 0.433. The zero-order chi connectivity index (χ0) is 21.4. The van der Waals surface area contributed by atoms with E-state index in [1.54, 1.807) is 12.1 Å². The molecule has 0 amide bonds. The zero-order valence-corrected chi connectivity index (χ0v) is 16.7. The molecule has 6 nitrogen and oxygen atoms in total. The van der Waals surface area contributed by atoms with Gasteiger partial charge in [-0.1, -0.05) is 54.6 Å². The summed E-state index contributed by atoms with van der Waals surface area (Å²) in [6.07, 6.45) is 1.69. The molecule has 152 valence electrons. The van der Waals surface area contributed by atoms with Crippen molar-refractivity contribution in [3.05, 3.63) is 94.0 Å². The predicted octanol–water partition coefficient (Wildman–Crippen LogP) is 3.27. The van der Waals surface area contributed by atoms with Crippen molar-refractivity contribution in [1.82, 2.24) is 4.90 Å². The Kier molecular flexibility index (Phi) is 3.39. The maximum absolute atomic E-state index is 14.1. The number of ether oxygens (including phenoxy) is 1. The first-order valence-electron chi connectivity index (χ1n) is 10.4. The molecule has 0 spiro atoms. The summed E-state index contributed by atoms with van der Waals surface area (Å²) < 4.78 is 6.36. The first kappa shape index (κ1) is 18.0. The number of hydrogen-bond donors (Lipinski definition) is 1. The largest absolute Gasteiger partial charge is 0.446 e. The first-order valence-corrected chi connectivity index (χ1v) is 10.4. The van der Waals surface area contributed by atoms with Crippen LogP contribution in [0.15, 0.2) is 77.3 Å². The van der Waals surface area contributed by atoms with Crippen LogP contribution in [0, 0.1) is 16.7 Å². The highest BCUT2D eigenvalue weighted by Crippen LogP contribution is 2.71. The maximum atomic E-state index is 14.1. The van der Waals surface area contributed by atoms with Crippen LogP contribution >= 0.6 is 0 Å². The Morgan fingerprint density at radius 1 is 1.06 bits per heavy atom. The lowest BCUT2D eigenvalue weighted by Crippen LogP contribution is -2.51. The second-order valence-electron chi connectivity index (χ2n) is 8.39. The molecule has 0 fully saturated rings. The number of ketones is 2. The molecule has 2 atom stereocenters. The Labute approximate surface area is 179 Å². The second-order valence-corrected chi connectivity index (χ2v) is 8.39. The number of carbonyl (C=O) groups excluding carboxylic acids is 2. The predicted molar refractivity (Wildman–Crippen MR) is 111 cm³/mol. The van der Waals surface area contributed by atoms with E-state index in [1.807, 2.05) is 47.4 Å². The van der Waals surface area contributed by atoms with Gasteiger partial charge in [-0.25, -0.2) is 0 Å². The van der Waals surface area contributed by atoms with Gasteiger partial charge in [0.2, 0.25) is 11.6 Å². The van der Waals surface area contributed by atoms with E-state index in [9.17, 15) is 14.9 Å². The first-order chi connectivity index (χ1) is 15.1. The lowest BCUT2D eigenvalue weighted by atomic mass is 9.66. The van der Waals surface area contributed by atoms with Crippen LogP contribution in [-0.2, 0) is 21.8 Å². The van der Waals surface area contributed by atoms with Crippen LogP contribution in [0.1, 0.15) is 40.7 Å².